The summed E-state index contributed by atoms with van der Waals surface area (Å²) in [5.74, 6) is 0.331. The minimum atomic E-state index is -0.0404. The number of ketones is 1. The molecule has 0 fully saturated rings. The van der Waals surface area contributed by atoms with E-state index in [9.17, 15) is 4.79 Å². The van der Waals surface area contributed by atoms with Gasteiger partial charge in [-0.1, -0.05) is 0 Å². The predicted octanol–water partition coefficient (Wildman–Crippen LogP) is 2.68. The molecule has 0 spiro atoms. The van der Waals surface area contributed by atoms with E-state index in [1.54, 1.807) is 23.0 Å². The molecule has 2 aromatic heterocycles. The van der Waals surface area contributed by atoms with Crippen LogP contribution in [0.2, 0.25) is 0 Å². The van der Waals surface area contributed by atoms with Gasteiger partial charge in [0.05, 0.1) is 6.20 Å². The van der Waals surface area contributed by atoms with Gasteiger partial charge < -0.3 is 4.42 Å². The molecule has 0 N–H and O–H groups in total. The lowest BCUT2D eigenvalue weighted by molar-refractivity contribution is 0.0965. The third-order valence-corrected chi connectivity index (χ3v) is 2.65. The molecule has 0 saturated heterocycles. The molecule has 2 rings (SSSR count). The van der Waals surface area contributed by atoms with Crippen molar-refractivity contribution < 1.29 is 9.21 Å². The van der Waals surface area contributed by atoms with Gasteiger partial charge in [-0.15, -0.1) is 0 Å². The van der Waals surface area contributed by atoms with Crippen LogP contribution in [-0.4, -0.2) is 15.6 Å². The molecule has 0 aliphatic rings. The van der Waals surface area contributed by atoms with Crippen LogP contribution in [-0.2, 0) is 13.0 Å². The zero-order valence-electron chi connectivity index (χ0n) is 8.81. The van der Waals surface area contributed by atoms with Crippen LogP contribution in [0.15, 0.2) is 33.6 Å². The topological polar surface area (TPSA) is 48.0 Å². The zero-order chi connectivity index (χ0) is 11.5. The third-order valence-electron chi connectivity index (χ3n) is 2.22. The lowest BCUT2D eigenvalue weighted by Crippen LogP contribution is -2.01. The van der Waals surface area contributed by atoms with Gasteiger partial charge in [0, 0.05) is 19.2 Å². The number of hydrogen-bond donors (Lipinski definition) is 0. The van der Waals surface area contributed by atoms with E-state index >= 15 is 0 Å². The number of hydrogen-bond acceptors (Lipinski definition) is 3. The summed E-state index contributed by atoms with van der Waals surface area (Å²) in [5.41, 5.74) is 0.902. The molecule has 4 nitrogen and oxygen atoms in total. The molecule has 0 aliphatic carbocycles. The van der Waals surface area contributed by atoms with Crippen molar-refractivity contribution >= 4 is 21.7 Å². The number of aryl methyl sites for hydroxylation is 1. The maximum atomic E-state index is 11.8. The smallest absolute Gasteiger partial charge is 0.202 e. The van der Waals surface area contributed by atoms with Crippen molar-refractivity contribution in [2.24, 2.45) is 0 Å². The largest absolute Gasteiger partial charge is 0.446 e. The number of halogens is 1. The van der Waals surface area contributed by atoms with Crippen LogP contribution in [0, 0.1) is 0 Å². The molecule has 5 heteroatoms. The van der Waals surface area contributed by atoms with Crippen molar-refractivity contribution in [1.29, 1.82) is 0 Å². The standard InChI is InChI=1S/C11H11BrN2O2/c1-2-14-7-8(6-13-14)5-9(15)10-3-4-11(12)16-10/h3-4,6-7H,2,5H2,1H3. The van der Waals surface area contributed by atoms with Gasteiger partial charge in [0.25, 0.3) is 0 Å². The molecular formula is C11H11BrN2O2. The molecule has 16 heavy (non-hydrogen) atoms. The molecule has 0 amide bonds. The first-order valence-electron chi connectivity index (χ1n) is 4.99. The zero-order valence-corrected chi connectivity index (χ0v) is 10.4. The number of carbonyl (C=O) groups excluding carboxylic acids is 1. The van der Waals surface area contributed by atoms with Crippen molar-refractivity contribution in [3.63, 3.8) is 0 Å². The average Bonchev–Trinajstić information content (AvgIpc) is 2.87. The van der Waals surface area contributed by atoms with Gasteiger partial charge in [0.2, 0.25) is 5.78 Å². The SMILES string of the molecule is CCn1cc(CC(=O)c2ccc(Br)o2)cn1. The summed E-state index contributed by atoms with van der Waals surface area (Å²) >= 11 is 3.17. The molecule has 0 unspecified atom stereocenters. The maximum absolute atomic E-state index is 11.8. The molecule has 2 aromatic rings. The van der Waals surface area contributed by atoms with E-state index in [0.717, 1.165) is 12.1 Å². The highest BCUT2D eigenvalue weighted by atomic mass is 79.9. The Morgan fingerprint density at radius 1 is 1.56 bits per heavy atom. The molecular weight excluding hydrogens is 272 g/mol. The highest BCUT2D eigenvalue weighted by Crippen LogP contribution is 2.16. The van der Waals surface area contributed by atoms with Crippen LogP contribution in [0.25, 0.3) is 0 Å². The van der Waals surface area contributed by atoms with E-state index in [1.807, 2.05) is 13.1 Å². The minimum absolute atomic E-state index is 0.0404. The molecule has 0 saturated carbocycles. The Morgan fingerprint density at radius 2 is 2.38 bits per heavy atom. The first kappa shape index (κ1) is 11.1. The highest BCUT2D eigenvalue weighted by Gasteiger charge is 2.12. The maximum Gasteiger partial charge on any atom is 0.202 e. The van der Waals surface area contributed by atoms with Gasteiger partial charge in [0.15, 0.2) is 10.4 Å². The average molecular weight is 283 g/mol. The summed E-state index contributed by atoms with van der Waals surface area (Å²) < 4.78 is 7.55. The summed E-state index contributed by atoms with van der Waals surface area (Å²) in [5, 5.41) is 4.11. The quantitative estimate of drug-likeness (QED) is 0.810. The van der Waals surface area contributed by atoms with Crippen molar-refractivity contribution in [2.45, 2.75) is 19.9 Å². The van der Waals surface area contributed by atoms with Crippen LogP contribution in [0.5, 0.6) is 0 Å². The summed E-state index contributed by atoms with van der Waals surface area (Å²) in [6.45, 7) is 2.81. The number of rotatable bonds is 4. The molecule has 2 heterocycles. The van der Waals surface area contributed by atoms with Gasteiger partial charge in [-0.05, 0) is 40.5 Å². The molecule has 0 radical (unpaired) electrons. The second-order valence-corrected chi connectivity index (χ2v) is 4.19. The van der Waals surface area contributed by atoms with Crippen LogP contribution >= 0.6 is 15.9 Å². The van der Waals surface area contributed by atoms with E-state index in [-0.39, 0.29) is 5.78 Å². The molecule has 84 valence electrons. The number of carbonyl (C=O) groups is 1. The lowest BCUT2D eigenvalue weighted by Gasteiger charge is -1.94. The fraction of sp³-hybridized carbons (Fsp3) is 0.273. The Bertz CT molecular complexity index is 502. The Labute approximate surface area is 101 Å². The summed E-state index contributed by atoms with van der Waals surface area (Å²) in [6.07, 6.45) is 3.90. The van der Waals surface area contributed by atoms with E-state index in [1.165, 1.54) is 0 Å². The van der Waals surface area contributed by atoms with Crippen LogP contribution in [0.3, 0.4) is 0 Å². The highest BCUT2D eigenvalue weighted by molar-refractivity contribution is 9.10. The van der Waals surface area contributed by atoms with Gasteiger partial charge in [-0.2, -0.15) is 5.10 Å². The van der Waals surface area contributed by atoms with Crippen molar-refractivity contribution in [1.82, 2.24) is 9.78 Å². The molecule has 0 aromatic carbocycles. The Kier molecular flexibility index (Phi) is 3.24. The van der Waals surface area contributed by atoms with Gasteiger partial charge in [0.1, 0.15) is 0 Å². The monoisotopic (exact) mass is 282 g/mol. The van der Waals surface area contributed by atoms with E-state index in [2.05, 4.69) is 21.0 Å². The fourth-order valence-electron chi connectivity index (χ4n) is 1.41. The summed E-state index contributed by atoms with van der Waals surface area (Å²) in [7, 11) is 0. The number of Topliss-reactive ketones (excluding diaryl/α,β-unsaturated/α-hetero) is 1. The van der Waals surface area contributed by atoms with E-state index in [0.29, 0.717) is 16.9 Å². The van der Waals surface area contributed by atoms with Crippen molar-refractivity contribution in [3.05, 3.63) is 40.5 Å². The number of furan rings is 1. The van der Waals surface area contributed by atoms with E-state index in [4.69, 9.17) is 4.42 Å². The van der Waals surface area contributed by atoms with Crippen LogP contribution < -0.4 is 0 Å². The van der Waals surface area contributed by atoms with Gasteiger partial charge in [-0.3, -0.25) is 9.48 Å². The third kappa shape index (κ3) is 2.41. The minimum Gasteiger partial charge on any atom is -0.446 e. The molecule has 0 aliphatic heterocycles. The molecule has 0 atom stereocenters. The van der Waals surface area contributed by atoms with Crippen LogP contribution in [0.1, 0.15) is 23.0 Å². The van der Waals surface area contributed by atoms with Crippen molar-refractivity contribution in [2.75, 3.05) is 0 Å². The summed E-state index contributed by atoms with van der Waals surface area (Å²) in [6, 6.07) is 3.37. The van der Waals surface area contributed by atoms with Crippen molar-refractivity contribution in [3.8, 4) is 0 Å². The molecule has 0 bridgehead atoms. The van der Waals surface area contributed by atoms with E-state index < -0.39 is 0 Å². The lowest BCUT2D eigenvalue weighted by atomic mass is 10.1. The Balaban J connectivity index is 2.07. The Morgan fingerprint density at radius 3 is 2.94 bits per heavy atom. The predicted molar refractivity (Wildman–Crippen MR) is 62.3 cm³/mol. The van der Waals surface area contributed by atoms with Gasteiger partial charge >= 0.3 is 0 Å². The summed E-state index contributed by atoms with van der Waals surface area (Å²) in [4.78, 5) is 11.8. The Hall–Kier alpha value is -1.36. The number of nitrogens with zero attached hydrogens (tertiary/aromatic N) is 2. The first-order valence-corrected chi connectivity index (χ1v) is 5.78. The fourth-order valence-corrected chi connectivity index (χ4v) is 1.71. The second-order valence-electron chi connectivity index (χ2n) is 3.41. The normalized spacial score (nSPS) is 10.6. The van der Waals surface area contributed by atoms with Gasteiger partial charge in [-0.25, -0.2) is 0 Å². The van der Waals surface area contributed by atoms with Crippen LogP contribution in [0.4, 0.5) is 0 Å². The second kappa shape index (κ2) is 4.65. The first-order chi connectivity index (χ1) is 7.69. The number of aromatic nitrogens is 2.